The van der Waals surface area contributed by atoms with Crippen molar-refractivity contribution in [2.24, 2.45) is 0 Å². The molecule has 0 spiro atoms. The Kier molecular flexibility index (Phi) is 3.04. The molecular weight excluding hydrogens is 211 g/mol. The van der Waals surface area contributed by atoms with Crippen LogP contribution in [0.5, 0.6) is 11.5 Å². The van der Waals surface area contributed by atoms with Crippen molar-refractivity contribution in [3.63, 3.8) is 0 Å². The van der Waals surface area contributed by atoms with Crippen LogP contribution >= 0.6 is 0 Å². The molecule has 80 valence electrons. The zero-order valence-electron chi connectivity index (χ0n) is 7.63. The van der Waals surface area contributed by atoms with Gasteiger partial charge >= 0.3 is 6.36 Å². The van der Waals surface area contributed by atoms with Crippen LogP contribution in [-0.2, 0) is 0 Å². The molecule has 0 saturated heterocycles. The van der Waals surface area contributed by atoms with Crippen LogP contribution in [0.3, 0.4) is 0 Å². The summed E-state index contributed by atoms with van der Waals surface area (Å²) in [5.74, 6) is -0.602. The van der Waals surface area contributed by atoms with Crippen LogP contribution in [0.15, 0.2) is 18.2 Å². The topological polar surface area (TPSA) is 42.2 Å². The third-order valence-electron chi connectivity index (χ3n) is 1.52. The first kappa shape index (κ1) is 11.2. The first-order valence-corrected chi connectivity index (χ1v) is 3.80. The summed E-state index contributed by atoms with van der Waals surface area (Å²) in [5, 5.41) is 8.50. The van der Waals surface area contributed by atoms with Crippen molar-refractivity contribution in [3.8, 4) is 17.6 Å². The van der Waals surface area contributed by atoms with Gasteiger partial charge in [0.1, 0.15) is 0 Å². The van der Waals surface area contributed by atoms with Crippen molar-refractivity contribution in [2.45, 2.75) is 6.36 Å². The fourth-order valence-corrected chi connectivity index (χ4v) is 0.951. The molecule has 0 atom stereocenters. The molecule has 0 aromatic heterocycles. The van der Waals surface area contributed by atoms with Crippen molar-refractivity contribution >= 4 is 0 Å². The zero-order chi connectivity index (χ0) is 11.5. The SMILES string of the molecule is COc1ccc(C#N)cc1OC(F)(F)F. The number of ether oxygens (including phenoxy) is 2. The van der Waals surface area contributed by atoms with Crippen LogP contribution in [0.25, 0.3) is 0 Å². The minimum absolute atomic E-state index is 0.0649. The zero-order valence-corrected chi connectivity index (χ0v) is 7.63. The van der Waals surface area contributed by atoms with Gasteiger partial charge in [0.25, 0.3) is 0 Å². The first-order valence-electron chi connectivity index (χ1n) is 3.80. The third kappa shape index (κ3) is 3.06. The second kappa shape index (κ2) is 4.09. The number of nitriles is 1. The molecule has 15 heavy (non-hydrogen) atoms. The molecule has 0 heterocycles. The lowest BCUT2D eigenvalue weighted by Gasteiger charge is -2.12. The Balaban J connectivity index is 3.08. The van der Waals surface area contributed by atoms with Gasteiger partial charge in [0.15, 0.2) is 11.5 Å². The average Bonchev–Trinajstić information content (AvgIpc) is 2.15. The minimum Gasteiger partial charge on any atom is -0.493 e. The Labute approximate surface area is 83.6 Å². The van der Waals surface area contributed by atoms with Crippen LogP contribution in [0.2, 0.25) is 0 Å². The number of nitrogens with zero attached hydrogens (tertiary/aromatic N) is 1. The molecule has 0 aliphatic heterocycles. The highest BCUT2D eigenvalue weighted by Gasteiger charge is 2.32. The van der Waals surface area contributed by atoms with Gasteiger partial charge in [-0.2, -0.15) is 5.26 Å². The maximum atomic E-state index is 11.9. The van der Waals surface area contributed by atoms with Gasteiger partial charge in [-0.15, -0.1) is 13.2 Å². The van der Waals surface area contributed by atoms with Crippen molar-refractivity contribution in [3.05, 3.63) is 23.8 Å². The van der Waals surface area contributed by atoms with E-state index in [9.17, 15) is 13.2 Å². The smallest absolute Gasteiger partial charge is 0.493 e. The standard InChI is InChI=1S/C9H6F3NO2/c1-14-7-3-2-6(5-13)4-8(7)15-9(10,11)12/h2-4H,1H3. The van der Waals surface area contributed by atoms with Crippen LogP contribution in [0, 0.1) is 11.3 Å². The average molecular weight is 217 g/mol. The highest BCUT2D eigenvalue weighted by Crippen LogP contribution is 2.32. The number of hydrogen-bond acceptors (Lipinski definition) is 3. The lowest BCUT2D eigenvalue weighted by Crippen LogP contribution is -2.17. The molecular formula is C9H6F3NO2. The molecule has 0 radical (unpaired) electrons. The quantitative estimate of drug-likeness (QED) is 0.764. The van der Waals surface area contributed by atoms with E-state index in [-0.39, 0.29) is 11.3 Å². The molecule has 1 rings (SSSR count). The second-order valence-corrected chi connectivity index (χ2v) is 2.53. The summed E-state index contributed by atoms with van der Waals surface area (Å²) < 4.78 is 44.1. The van der Waals surface area contributed by atoms with E-state index in [4.69, 9.17) is 5.26 Å². The monoisotopic (exact) mass is 217 g/mol. The van der Waals surface area contributed by atoms with Gasteiger partial charge in [-0.1, -0.05) is 0 Å². The van der Waals surface area contributed by atoms with Gasteiger partial charge in [0.05, 0.1) is 18.7 Å². The Morgan fingerprint density at radius 3 is 2.40 bits per heavy atom. The number of halogens is 3. The van der Waals surface area contributed by atoms with E-state index in [1.165, 1.54) is 19.2 Å². The summed E-state index contributed by atoms with van der Waals surface area (Å²) in [6, 6.07) is 5.24. The van der Waals surface area contributed by atoms with Crippen molar-refractivity contribution in [2.75, 3.05) is 7.11 Å². The highest BCUT2D eigenvalue weighted by atomic mass is 19.4. The lowest BCUT2D eigenvalue weighted by atomic mass is 10.2. The van der Waals surface area contributed by atoms with E-state index in [2.05, 4.69) is 9.47 Å². The van der Waals surface area contributed by atoms with Gasteiger partial charge < -0.3 is 9.47 Å². The van der Waals surface area contributed by atoms with Crippen molar-refractivity contribution in [1.29, 1.82) is 5.26 Å². The molecule has 1 aromatic carbocycles. The van der Waals surface area contributed by atoms with E-state index in [1.807, 2.05) is 0 Å². The van der Waals surface area contributed by atoms with Crippen LogP contribution < -0.4 is 9.47 Å². The van der Waals surface area contributed by atoms with Crippen LogP contribution in [-0.4, -0.2) is 13.5 Å². The van der Waals surface area contributed by atoms with E-state index >= 15 is 0 Å². The largest absolute Gasteiger partial charge is 0.573 e. The maximum Gasteiger partial charge on any atom is 0.573 e. The fourth-order valence-electron chi connectivity index (χ4n) is 0.951. The minimum atomic E-state index is -4.80. The molecule has 0 bridgehead atoms. The number of rotatable bonds is 2. The Bertz CT molecular complexity index is 395. The van der Waals surface area contributed by atoms with E-state index in [0.29, 0.717) is 0 Å². The lowest BCUT2D eigenvalue weighted by molar-refractivity contribution is -0.275. The molecule has 0 saturated carbocycles. The molecule has 0 amide bonds. The molecule has 1 aromatic rings. The third-order valence-corrected chi connectivity index (χ3v) is 1.52. The van der Waals surface area contributed by atoms with Crippen molar-refractivity contribution in [1.82, 2.24) is 0 Å². The van der Waals surface area contributed by atoms with Gasteiger partial charge in [-0.05, 0) is 12.1 Å². The fraction of sp³-hybridized carbons (Fsp3) is 0.222. The molecule has 0 N–H and O–H groups in total. The summed E-state index contributed by atoms with van der Waals surface area (Å²) in [6.07, 6.45) is -4.80. The maximum absolute atomic E-state index is 11.9. The molecule has 0 unspecified atom stereocenters. The van der Waals surface area contributed by atoms with Gasteiger partial charge in [0.2, 0.25) is 0 Å². The van der Waals surface area contributed by atoms with Crippen LogP contribution in [0.4, 0.5) is 13.2 Å². The number of benzene rings is 1. The van der Waals surface area contributed by atoms with E-state index in [0.717, 1.165) is 6.07 Å². The Morgan fingerprint density at radius 1 is 1.27 bits per heavy atom. The normalized spacial score (nSPS) is 10.6. The molecule has 6 heteroatoms. The van der Waals surface area contributed by atoms with Gasteiger partial charge in [0, 0.05) is 6.07 Å². The van der Waals surface area contributed by atoms with Crippen molar-refractivity contribution < 1.29 is 22.6 Å². The number of alkyl halides is 3. The van der Waals surface area contributed by atoms with E-state index in [1.54, 1.807) is 6.07 Å². The number of methoxy groups -OCH3 is 1. The van der Waals surface area contributed by atoms with Gasteiger partial charge in [-0.3, -0.25) is 0 Å². The highest BCUT2D eigenvalue weighted by molar-refractivity contribution is 5.46. The number of hydrogen-bond donors (Lipinski definition) is 0. The molecule has 0 aliphatic carbocycles. The first-order chi connectivity index (χ1) is 6.96. The summed E-state index contributed by atoms with van der Waals surface area (Å²) >= 11 is 0. The summed E-state index contributed by atoms with van der Waals surface area (Å²) in [6.45, 7) is 0. The van der Waals surface area contributed by atoms with E-state index < -0.39 is 12.1 Å². The molecule has 0 aliphatic rings. The van der Waals surface area contributed by atoms with Crippen LogP contribution in [0.1, 0.15) is 5.56 Å². The molecule has 0 fully saturated rings. The summed E-state index contributed by atoms with van der Waals surface area (Å²) in [5.41, 5.74) is 0.0649. The predicted molar refractivity (Wildman–Crippen MR) is 44.4 cm³/mol. The molecule has 3 nitrogen and oxygen atoms in total. The van der Waals surface area contributed by atoms with Gasteiger partial charge in [-0.25, -0.2) is 0 Å². The Hall–Kier alpha value is -1.90. The predicted octanol–water partition coefficient (Wildman–Crippen LogP) is 2.47. The summed E-state index contributed by atoms with van der Waals surface area (Å²) in [4.78, 5) is 0. The Morgan fingerprint density at radius 2 is 1.93 bits per heavy atom. The summed E-state index contributed by atoms with van der Waals surface area (Å²) in [7, 11) is 1.21. The second-order valence-electron chi connectivity index (χ2n) is 2.53.